The third-order valence-corrected chi connectivity index (χ3v) is 5.98. The Morgan fingerprint density at radius 2 is 1.79 bits per heavy atom. The molecule has 0 aliphatic carbocycles. The van der Waals surface area contributed by atoms with E-state index >= 15 is 0 Å². The molecule has 5 rings (SSSR count). The van der Waals surface area contributed by atoms with Crippen molar-refractivity contribution in [2.45, 2.75) is 45.8 Å². The SMILES string of the molecule is Cc1cc(-c2c(OCc3cccc(COC4CCOC4)n3)nc(N)nc2-c2ccc(C)o2)cc(C(F)(F)F)n1. The molecule has 2 N–H and O–H groups in total. The van der Waals surface area contributed by atoms with E-state index in [1.54, 1.807) is 25.1 Å². The molecule has 0 bridgehead atoms. The number of rotatable bonds is 8. The van der Waals surface area contributed by atoms with Crippen LogP contribution in [0.4, 0.5) is 19.1 Å². The van der Waals surface area contributed by atoms with Gasteiger partial charge in [0.2, 0.25) is 11.8 Å². The summed E-state index contributed by atoms with van der Waals surface area (Å²) < 4.78 is 63.8. The van der Waals surface area contributed by atoms with Crippen LogP contribution >= 0.6 is 0 Å². The fourth-order valence-corrected chi connectivity index (χ4v) is 4.20. The predicted octanol–water partition coefficient (Wildman–Crippen LogP) is 5.30. The number of halogens is 3. The number of ether oxygens (including phenoxy) is 3. The molecule has 1 aliphatic rings. The van der Waals surface area contributed by atoms with Gasteiger partial charge in [-0.1, -0.05) is 6.07 Å². The van der Waals surface area contributed by atoms with E-state index < -0.39 is 11.9 Å². The lowest BCUT2D eigenvalue weighted by Gasteiger charge is -2.16. The van der Waals surface area contributed by atoms with Crippen LogP contribution in [-0.2, 0) is 28.9 Å². The lowest BCUT2D eigenvalue weighted by molar-refractivity contribution is -0.141. The molecule has 1 aliphatic heterocycles. The molecule has 4 aromatic rings. The molecule has 1 atom stereocenters. The Labute approximate surface area is 222 Å². The molecule has 9 nitrogen and oxygen atoms in total. The lowest BCUT2D eigenvalue weighted by atomic mass is 10.0. The van der Waals surface area contributed by atoms with Crippen LogP contribution in [-0.4, -0.2) is 39.3 Å². The minimum absolute atomic E-state index is 0.0168. The Hall–Kier alpha value is -4.03. The van der Waals surface area contributed by atoms with Crippen molar-refractivity contribution in [3.63, 3.8) is 0 Å². The smallest absolute Gasteiger partial charge is 0.433 e. The van der Waals surface area contributed by atoms with Crippen LogP contribution in [0.5, 0.6) is 5.88 Å². The Morgan fingerprint density at radius 1 is 1.00 bits per heavy atom. The minimum atomic E-state index is -4.66. The molecule has 4 aromatic heterocycles. The molecule has 1 saturated heterocycles. The number of hydrogen-bond donors (Lipinski definition) is 1. The summed E-state index contributed by atoms with van der Waals surface area (Å²) in [4.78, 5) is 16.7. The van der Waals surface area contributed by atoms with Gasteiger partial charge in [0.1, 0.15) is 23.8 Å². The largest absolute Gasteiger partial charge is 0.471 e. The van der Waals surface area contributed by atoms with E-state index in [4.69, 9.17) is 24.4 Å². The van der Waals surface area contributed by atoms with Gasteiger partial charge in [0, 0.05) is 12.3 Å². The second-order valence-corrected chi connectivity index (χ2v) is 9.11. The summed E-state index contributed by atoms with van der Waals surface area (Å²) in [6.45, 7) is 4.73. The normalized spacial score (nSPS) is 15.6. The minimum Gasteiger partial charge on any atom is -0.471 e. The molecule has 0 saturated carbocycles. The molecule has 0 spiro atoms. The van der Waals surface area contributed by atoms with E-state index in [1.807, 2.05) is 12.1 Å². The zero-order valence-corrected chi connectivity index (χ0v) is 21.3. The molecular weight excluding hydrogens is 515 g/mol. The zero-order valence-electron chi connectivity index (χ0n) is 21.3. The van der Waals surface area contributed by atoms with Gasteiger partial charge in [-0.25, -0.2) is 9.97 Å². The molecule has 5 heterocycles. The summed E-state index contributed by atoms with van der Waals surface area (Å²) in [5.74, 6) is 0.743. The van der Waals surface area contributed by atoms with Gasteiger partial charge in [-0.2, -0.15) is 18.2 Å². The zero-order chi connectivity index (χ0) is 27.6. The lowest BCUT2D eigenvalue weighted by Crippen LogP contribution is -2.13. The van der Waals surface area contributed by atoms with Gasteiger partial charge in [0.15, 0.2) is 5.76 Å². The second-order valence-electron chi connectivity index (χ2n) is 9.11. The van der Waals surface area contributed by atoms with Crippen molar-refractivity contribution in [1.29, 1.82) is 0 Å². The fourth-order valence-electron chi connectivity index (χ4n) is 4.20. The maximum atomic E-state index is 13.6. The monoisotopic (exact) mass is 541 g/mol. The standard InChI is InChI=1S/C27H26F3N5O4/c1-15-10-17(11-22(32-15)27(28,29)30)23-24(21-7-6-16(2)39-21)34-26(31)35-25(23)38-13-19-5-3-4-18(33-19)12-37-20-8-9-36-14-20/h3-7,10-11,20H,8-9,12-14H2,1-2H3,(H2,31,34,35). The number of furan rings is 1. The average Bonchev–Trinajstić information content (AvgIpc) is 3.57. The topological polar surface area (TPSA) is 118 Å². The predicted molar refractivity (Wildman–Crippen MR) is 134 cm³/mol. The summed E-state index contributed by atoms with van der Waals surface area (Å²) in [5.41, 5.74) is 6.91. The van der Waals surface area contributed by atoms with Crippen molar-refractivity contribution in [3.8, 4) is 28.5 Å². The van der Waals surface area contributed by atoms with Crippen LogP contribution in [0.3, 0.4) is 0 Å². The maximum absolute atomic E-state index is 13.6. The van der Waals surface area contributed by atoms with Crippen molar-refractivity contribution in [1.82, 2.24) is 19.9 Å². The number of hydrogen-bond acceptors (Lipinski definition) is 9. The van der Waals surface area contributed by atoms with Crippen LogP contribution in [0.25, 0.3) is 22.6 Å². The van der Waals surface area contributed by atoms with Gasteiger partial charge >= 0.3 is 6.18 Å². The molecular formula is C27H26F3N5O4. The molecule has 12 heteroatoms. The number of aromatic nitrogens is 4. The van der Waals surface area contributed by atoms with Gasteiger partial charge in [-0.3, -0.25) is 4.98 Å². The highest BCUT2D eigenvalue weighted by molar-refractivity contribution is 5.83. The number of aryl methyl sites for hydroxylation is 2. The third kappa shape index (κ3) is 6.35. The van der Waals surface area contributed by atoms with Crippen molar-refractivity contribution in [2.24, 2.45) is 0 Å². The molecule has 1 fully saturated rings. The van der Waals surface area contributed by atoms with Crippen molar-refractivity contribution in [2.75, 3.05) is 18.9 Å². The first-order chi connectivity index (χ1) is 18.7. The van der Waals surface area contributed by atoms with Crippen molar-refractivity contribution >= 4 is 5.95 Å². The van der Waals surface area contributed by atoms with E-state index in [2.05, 4.69) is 19.9 Å². The van der Waals surface area contributed by atoms with Crippen molar-refractivity contribution < 1.29 is 31.8 Å². The van der Waals surface area contributed by atoms with Crippen LogP contribution in [0, 0.1) is 13.8 Å². The molecule has 0 amide bonds. The Balaban J connectivity index is 1.50. The third-order valence-electron chi connectivity index (χ3n) is 5.98. The van der Waals surface area contributed by atoms with Crippen molar-refractivity contribution in [3.05, 3.63) is 71.0 Å². The summed E-state index contributed by atoms with van der Waals surface area (Å²) in [6.07, 6.45) is -3.79. The quantitative estimate of drug-likeness (QED) is 0.317. The molecule has 39 heavy (non-hydrogen) atoms. The highest BCUT2D eigenvalue weighted by atomic mass is 19.4. The maximum Gasteiger partial charge on any atom is 0.433 e. The van der Waals surface area contributed by atoms with E-state index in [1.165, 1.54) is 13.0 Å². The molecule has 0 aromatic carbocycles. The second kappa shape index (κ2) is 11.0. The van der Waals surface area contributed by atoms with E-state index in [-0.39, 0.29) is 47.1 Å². The first kappa shape index (κ1) is 26.6. The number of nitrogen functional groups attached to an aromatic ring is 1. The average molecular weight is 542 g/mol. The van der Waals surface area contributed by atoms with Gasteiger partial charge in [0.25, 0.3) is 0 Å². The first-order valence-electron chi connectivity index (χ1n) is 12.2. The number of nitrogens with two attached hydrogens (primary N) is 1. The number of nitrogens with zero attached hydrogens (tertiary/aromatic N) is 4. The van der Waals surface area contributed by atoms with Crippen LogP contribution in [0.15, 0.2) is 46.9 Å². The van der Waals surface area contributed by atoms with E-state index in [0.717, 1.165) is 12.5 Å². The van der Waals surface area contributed by atoms with Gasteiger partial charge in [-0.15, -0.1) is 0 Å². The molecule has 1 unspecified atom stereocenters. The molecule has 0 radical (unpaired) electrons. The van der Waals surface area contributed by atoms with Gasteiger partial charge < -0.3 is 24.4 Å². The van der Waals surface area contributed by atoms with Crippen LogP contribution < -0.4 is 10.5 Å². The highest BCUT2D eigenvalue weighted by Gasteiger charge is 2.34. The Morgan fingerprint density at radius 3 is 2.49 bits per heavy atom. The first-order valence-corrected chi connectivity index (χ1v) is 12.2. The summed E-state index contributed by atoms with van der Waals surface area (Å²) in [7, 11) is 0. The summed E-state index contributed by atoms with van der Waals surface area (Å²) in [6, 6.07) is 11.2. The summed E-state index contributed by atoms with van der Waals surface area (Å²) >= 11 is 0. The van der Waals surface area contributed by atoms with Gasteiger partial charge in [-0.05, 0) is 62.2 Å². The summed E-state index contributed by atoms with van der Waals surface area (Å²) in [5, 5.41) is 0. The Kier molecular flexibility index (Phi) is 7.49. The Bertz CT molecular complexity index is 1470. The van der Waals surface area contributed by atoms with Crippen LogP contribution in [0.1, 0.15) is 35.0 Å². The van der Waals surface area contributed by atoms with Crippen LogP contribution in [0.2, 0.25) is 0 Å². The molecule has 204 valence electrons. The van der Waals surface area contributed by atoms with E-state index in [9.17, 15) is 13.2 Å². The highest BCUT2D eigenvalue weighted by Crippen LogP contribution is 2.40. The fraction of sp³-hybridized carbons (Fsp3) is 0.333. The number of anilines is 1. The van der Waals surface area contributed by atoms with Gasteiger partial charge in [0.05, 0.1) is 36.3 Å². The number of alkyl halides is 3. The number of pyridine rings is 2. The van der Waals surface area contributed by atoms with E-state index in [0.29, 0.717) is 42.7 Å².